The zero-order chi connectivity index (χ0) is 14.7. The number of nitrogens with one attached hydrogen (secondary N) is 1. The molecule has 0 radical (unpaired) electrons. The van der Waals surface area contributed by atoms with E-state index in [1.165, 1.54) is 29.9 Å². The number of halogens is 1. The van der Waals surface area contributed by atoms with Gasteiger partial charge >= 0.3 is 0 Å². The number of para-hydroxylation sites is 1. The Balaban J connectivity index is 1.58. The number of rotatable bonds is 3. The van der Waals surface area contributed by atoms with Gasteiger partial charge in [-0.05, 0) is 30.7 Å². The van der Waals surface area contributed by atoms with Gasteiger partial charge < -0.3 is 9.80 Å². The van der Waals surface area contributed by atoms with E-state index in [1.807, 2.05) is 0 Å². The van der Waals surface area contributed by atoms with E-state index in [0.717, 1.165) is 24.1 Å². The van der Waals surface area contributed by atoms with E-state index in [4.69, 9.17) is 0 Å². The Bertz CT molecular complexity index is 586. The average Bonchev–Trinajstić information content (AvgIpc) is 2.51. The Morgan fingerprint density at radius 3 is 2.33 bits per heavy atom. The predicted molar refractivity (Wildman–Crippen MR) is 91.9 cm³/mol. The third-order valence-electron chi connectivity index (χ3n) is 4.29. The van der Waals surface area contributed by atoms with E-state index < -0.39 is 0 Å². The molecular formula is C18H22BrN2+. The lowest BCUT2D eigenvalue weighted by Gasteiger charge is -2.34. The lowest BCUT2D eigenvalue weighted by molar-refractivity contribution is -0.914. The smallest absolute Gasteiger partial charge is 0.103 e. The number of anilines is 1. The van der Waals surface area contributed by atoms with Crippen molar-refractivity contribution in [1.82, 2.24) is 0 Å². The molecule has 110 valence electrons. The molecule has 1 aliphatic heterocycles. The summed E-state index contributed by atoms with van der Waals surface area (Å²) in [4.78, 5) is 4.21. The summed E-state index contributed by atoms with van der Waals surface area (Å²) in [6.45, 7) is 8.06. The van der Waals surface area contributed by atoms with Crippen LogP contribution in [0.15, 0.2) is 53.0 Å². The van der Waals surface area contributed by atoms with Crippen molar-refractivity contribution in [3.8, 4) is 0 Å². The van der Waals surface area contributed by atoms with E-state index in [9.17, 15) is 0 Å². The number of hydrogen-bond acceptors (Lipinski definition) is 1. The highest BCUT2D eigenvalue weighted by atomic mass is 79.9. The molecular weight excluding hydrogens is 324 g/mol. The lowest BCUT2D eigenvalue weighted by Crippen LogP contribution is -3.13. The largest absolute Gasteiger partial charge is 0.360 e. The van der Waals surface area contributed by atoms with Crippen LogP contribution < -0.4 is 9.80 Å². The van der Waals surface area contributed by atoms with E-state index in [-0.39, 0.29) is 0 Å². The van der Waals surface area contributed by atoms with Crippen molar-refractivity contribution in [3.05, 3.63) is 64.1 Å². The van der Waals surface area contributed by atoms with Gasteiger partial charge in [-0.25, -0.2) is 0 Å². The number of quaternary nitrogens is 1. The molecule has 21 heavy (non-hydrogen) atoms. The van der Waals surface area contributed by atoms with Crippen LogP contribution in [0.5, 0.6) is 0 Å². The molecule has 1 fully saturated rings. The van der Waals surface area contributed by atoms with Gasteiger partial charge in [-0.2, -0.15) is 0 Å². The maximum atomic E-state index is 3.50. The molecule has 2 aromatic carbocycles. The van der Waals surface area contributed by atoms with Crippen molar-refractivity contribution in [3.63, 3.8) is 0 Å². The monoisotopic (exact) mass is 345 g/mol. The molecule has 0 bridgehead atoms. The highest BCUT2D eigenvalue weighted by molar-refractivity contribution is 9.10. The SMILES string of the molecule is Cc1ccccc1N1CC[NH+](Cc2ccc(Br)cc2)CC1. The first kappa shape index (κ1) is 14.6. The molecule has 2 nitrogen and oxygen atoms in total. The van der Waals surface area contributed by atoms with Crippen LogP contribution in [0, 0.1) is 6.92 Å². The molecule has 3 heteroatoms. The molecule has 0 amide bonds. The molecule has 1 saturated heterocycles. The van der Waals surface area contributed by atoms with Crippen LogP contribution in [0.4, 0.5) is 5.69 Å². The fourth-order valence-corrected chi connectivity index (χ4v) is 3.31. The lowest BCUT2D eigenvalue weighted by atomic mass is 10.1. The molecule has 0 atom stereocenters. The summed E-state index contributed by atoms with van der Waals surface area (Å²) in [6, 6.07) is 17.4. The van der Waals surface area contributed by atoms with E-state index in [0.29, 0.717) is 0 Å². The number of benzene rings is 2. The van der Waals surface area contributed by atoms with Crippen molar-refractivity contribution in [1.29, 1.82) is 0 Å². The summed E-state index contributed by atoms with van der Waals surface area (Å²) < 4.78 is 1.16. The van der Waals surface area contributed by atoms with Crippen LogP contribution in [0.25, 0.3) is 0 Å². The number of aryl methyl sites for hydroxylation is 1. The maximum absolute atomic E-state index is 3.50. The summed E-state index contributed by atoms with van der Waals surface area (Å²) in [5.74, 6) is 0. The second-order valence-electron chi connectivity index (χ2n) is 5.83. The van der Waals surface area contributed by atoms with Gasteiger partial charge in [0, 0.05) is 15.7 Å². The fourth-order valence-electron chi connectivity index (χ4n) is 3.05. The number of hydrogen-bond donors (Lipinski definition) is 1. The minimum absolute atomic E-state index is 1.13. The third-order valence-corrected chi connectivity index (χ3v) is 4.82. The van der Waals surface area contributed by atoms with Crippen LogP contribution in [0.3, 0.4) is 0 Å². The van der Waals surface area contributed by atoms with Crippen molar-refractivity contribution >= 4 is 21.6 Å². The van der Waals surface area contributed by atoms with E-state index in [1.54, 1.807) is 4.90 Å². The van der Waals surface area contributed by atoms with Gasteiger partial charge in [-0.1, -0.05) is 46.3 Å². The molecule has 1 aliphatic rings. The fraction of sp³-hybridized carbons (Fsp3) is 0.333. The second-order valence-corrected chi connectivity index (χ2v) is 6.74. The first-order chi connectivity index (χ1) is 10.2. The maximum Gasteiger partial charge on any atom is 0.103 e. The molecule has 3 rings (SSSR count). The minimum atomic E-state index is 1.13. The van der Waals surface area contributed by atoms with Crippen molar-refractivity contribution in [2.75, 3.05) is 31.1 Å². The Kier molecular flexibility index (Phi) is 4.61. The molecule has 2 aromatic rings. The highest BCUT2D eigenvalue weighted by Gasteiger charge is 2.20. The van der Waals surface area contributed by atoms with Crippen molar-refractivity contribution < 1.29 is 4.90 Å². The zero-order valence-corrected chi connectivity index (χ0v) is 14.1. The van der Waals surface area contributed by atoms with Crippen molar-refractivity contribution in [2.45, 2.75) is 13.5 Å². The normalized spacial score (nSPS) is 16.2. The zero-order valence-electron chi connectivity index (χ0n) is 12.5. The average molecular weight is 346 g/mol. The number of nitrogens with zero attached hydrogens (tertiary/aromatic N) is 1. The predicted octanol–water partition coefficient (Wildman–Crippen LogP) is 2.66. The summed E-state index contributed by atoms with van der Waals surface area (Å²) in [5.41, 5.74) is 4.21. The highest BCUT2D eigenvalue weighted by Crippen LogP contribution is 2.19. The second kappa shape index (κ2) is 6.63. The molecule has 1 N–H and O–H groups in total. The quantitative estimate of drug-likeness (QED) is 0.898. The van der Waals surface area contributed by atoms with Crippen LogP contribution in [0.1, 0.15) is 11.1 Å². The Morgan fingerprint density at radius 1 is 1.00 bits per heavy atom. The van der Waals surface area contributed by atoms with Crippen LogP contribution in [-0.2, 0) is 6.54 Å². The van der Waals surface area contributed by atoms with Gasteiger partial charge in [0.25, 0.3) is 0 Å². The molecule has 0 aliphatic carbocycles. The van der Waals surface area contributed by atoms with Crippen LogP contribution >= 0.6 is 15.9 Å². The Labute approximate surface area is 135 Å². The topological polar surface area (TPSA) is 7.68 Å². The summed E-state index contributed by atoms with van der Waals surface area (Å²) in [5, 5.41) is 0. The van der Waals surface area contributed by atoms with Gasteiger partial charge in [0.1, 0.15) is 6.54 Å². The van der Waals surface area contributed by atoms with E-state index in [2.05, 4.69) is 76.3 Å². The van der Waals surface area contributed by atoms with Gasteiger partial charge in [0.2, 0.25) is 0 Å². The molecule has 0 saturated carbocycles. The van der Waals surface area contributed by atoms with Gasteiger partial charge in [0.05, 0.1) is 26.2 Å². The van der Waals surface area contributed by atoms with Crippen LogP contribution in [0.2, 0.25) is 0 Å². The van der Waals surface area contributed by atoms with Crippen molar-refractivity contribution in [2.24, 2.45) is 0 Å². The summed E-state index contributed by atoms with van der Waals surface area (Å²) >= 11 is 3.50. The molecule has 0 aromatic heterocycles. The summed E-state index contributed by atoms with van der Waals surface area (Å²) in [7, 11) is 0. The van der Waals surface area contributed by atoms with E-state index >= 15 is 0 Å². The first-order valence-electron chi connectivity index (χ1n) is 7.61. The first-order valence-corrected chi connectivity index (χ1v) is 8.40. The minimum Gasteiger partial charge on any atom is -0.360 e. The van der Waals surface area contributed by atoms with Gasteiger partial charge in [0.15, 0.2) is 0 Å². The molecule has 0 unspecified atom stereocenters. The van der Waals surface area contributed by atoms with Crippen LogP contribution in [-0.4, -0.2) is 26.2 Å². The van der Waals surface area contributed by atoms with Gasteiger partial charge in [-0.3, -0.25) is 0 Å². The summed E-state index contributed by atoms with van der Waals surface area (Å²) in [6.07, 6.45) is 0. The van der Waals surface area contributed by atoms with Gasteiger partial charge in [-0.15, -0.1) is 0 Å². The third kappa shape index (κ3) is 3.66. The Hall–Kier alpha value is -1.32. The standard InChI is InChI=1S/C18H21BrN2/c1-15-4-2-3-5-18(15)21-12-10-20(11-13-21)14-16-6-8-17(19)9-7-16/h2-9H,10-14H2,1H3/p+1. The molecule has 0 spiro atoms. The Morgan fingerprint density at radius 2 is 1.67 bits per heavy atom. The number of piperazine rings is 1. The molecule has 1 heterocycles.